The molecule has 25 heavy (non-hydrogen) atoms. The standard InChI is InChI=1S/C18H17Cl3N2O2/c19-13-5-6-17(15(21)11-13)25-12-18(24)23-9-7-22(8-10-23)16-4-2-1-3-14(16)20/h1-6,11H,7-10,12H2. The van der Waals surface area contributed by atoms with Crippen LogP contribution in [0.25, 0.3) is 0 Å². The van der Waals surface area contributed by atoms with Crippen LogP contribution in [0.4, 0.5) is 5.69 Å². The molecule has 0 unspecified atom stereocenters. The van der Waals surface area contributed by atoms with Gasteiger partial charge in [-0.05, 0) is 30.3 Å². The van der Waals surface area contributed by atoms with Crippen LogP contribution in [0, 0.1) is 0 Å². The zero-order valence-electron chi connectivity index (χ0n) is 13.4. The van der Waals surface area contributed by atoms with E-state index in [0.29, 0.717) is 28.9 Å². The second kappa shape index (κ2) is 8.17. The van der Waals surface area contributed by atoms with Crippen molar-refractivity contribution in [3.8, 4) is 5.75 Å². The van der Waals surface area contributed by atoms with E-state index in [1.807, 2.05) is 24.3 Å². The second-order valence-corrected chi connectivity index (χ2v) is 6.93. The van der Waals surface area contributed by atoms with Crippen molar-refractivity contribution in [3.05, 3.63) is 57.5 Å². The molecule has 1 saturated heterocycles. The molecule has 0 spiro atoms. The van der Waals surface area contributed by atoms with Crippen LogP contribution in [0.5, 0.6) is 5.75 Å². The lowest BCUT2D eigenvalue weighted by Gasteiger charge is -2.36. The molecule has 2 aromatic rings. The van der Waals surface area contributed by atoms with Crippen LogP contribution < -0.4 is 9.64 Å². The van der Waals surface area contributed by atoms with Gasteiger partial charge in [-0.1, -0.05) is 46.9 Å². The fourth-order valence-electron chi connectivity index (χ4n) is 2.73. The Morgan fingerprint density at radius 2 is 1.68 bits per heavy atom. The Kier molecular flexibility index (Phi) is 5.94. The van der Waals surface area contributed by atoms with Gasteiger partial charge in [-0.3, -0.25) is 4.79 Å². The number of para-hydroxylation sites is 1. The lowest BCUT2D eigenvalue weighted by Crippen LogP contribution is -2.50. The van der Waals surface area contributed by atoms with Gasteiger partial charge in [-0.25, -0.2) is 0 Å². The number of hydrogen-bond acceptors (Lipinski definition) is 3. The van der Waals surface area contributed by atoms with Crippen LogP contribution in [0.3, 0.4) is 0 Å². The zero-order chi connectivity index (χ0) is 17.8. The molecular weight excluding hydrogens is 383 g/mol. The highest BCUT2D eigenvalue weighted by Gasteiger charge is 2.22. The van der Waals surface area contributed by atoms with Crippen LogP contribution >= 0.6 is 34.8 Å². The molecule has 4 nitrogen and oxygen atoms in total. The molecule has 1 amide bonds. The van der Waals surface area contributed by atoms with Gasteiger partial charge in [0.15, 0.2) is 6.61 Å². The molecule has 132 valence electrons. The number of halogens is 3. The zero-order valence-corrected chi connectivity index (χ0v) is 15.7. The summed E-state index contributed by atoms with van der Waals surface area (Å²) in [5, 5.41) is 1.64. The molecule has 1 aliphatic rings. The summed E-state index contributed by atoms with van der Waals surface area (Å²) in [6.07, 6.45) is 0. The number of carbonyl (C=O) groups excluding carboxylic acids is 1. The van der Waals surface area contributed by atoms with Crippen molar-refractivity contribution in [1.29, 1.82) is 0 Å². The maximum atomic E-state index is 12.3. The van der Waals surface area contributed by atoms with Crippen molar-refractivity contribution in [2.45, 2.75) is 0 Å². The fourth-order valence-corrected chi connectivity index (χ4v) is 3.45. The van der Waals surface area contributed by atoms with E-state index in [9.17, 15) is 4.79 Å². The topological polar surface area (TPSA) is 32.8 Å². The van der Waals surface area contributed by atoms with Gasteiger partial charge in [0.1, 0.15) is 5.75 Å². The van der Waals surface area contributed by atoms with Gasteiger partial charge in [-0.15, -0.1) is 0 Å². The lowest BCUT2D eigenvalue weighted by atomic mass is 10.2. The van der Waals surface area contributed by atoms with E-state index in [0.717, 1.165) is 23.8 Å². The highest BCUT2D eigenvalue weighted by atomic mass is 35.5. The molecule has 2 aromatic carbocycles. The molecule has 0 bridgehead atoms. The Bertz CT molecular complexity index is 762. The van der Waals surface area contributed by atoms with Crippen molar-refractivity contribution >= 4 is 46.4 Å². The van der Waals surface area contributed by atoms with Gasteiger partial charge < -0.3 is 14.5 Å². The van der Waals surface area contributed by atoms with Crippen molar-refractivity contribution in [3.63, 3.8) is 0 Å². The quantitative estimate of drug-likeness (QED) is 0.765. The first-order valence-corrected chi connectivity index (χ1v) is 9.03. The molecule has 1 heterocycles. The summed E-state index contributed by atoms with van der Waals surface area (Å²) in [6.45, 7) is 2.67. The average Bonchev–Trinajstić information content (AvgIpc) is 2.61. The summed E-state index contributed by atoms with van der Waals surface area (Å²) in [7, 11) is 0. The number of hydrogen-bond donors (Lipinski definition) is 0. The van der Waals surface area contributed by atoms with E-state index in [-0.39, 0.29) is 12.5 Å². The molecule has 1 fully saturated rings. The first kappa shape index (κ1) is 18.2. The Morgan fingerprint density at radius 3 is 2.36 bits per heavy atom. The molecule has 0 aromatic heterocycles. The number of carbonyl (C=O) groups is 1. The first-order chi connectivity index (χ1) is 12.0. The van der Waals surface area contributed by atoms with Gasteiger partial charge >= 0.3 is 0 Å². The molecule has 0 N–H and O–H groups in total. The van der Waals surface area contributed by atoms with Crippen molar-refractivity contribution < 1.29 is 9.53 Å². The number of nitrogens with zero attached hydrogens (tertiary/aromatic N) is 2. The number of anilines is 1. The number of rotatable bonds is 4. The SMILES string of the molecule is O=C(COc1ccc(Cl)cc1Cl)N1CCN(c2ccccc2Cl)CC1. The molecule has 0 saturated carbocycles. The van der Waals surface area contributed by atoms with E-state index >= 15 is 0 Å². The van der Waals surface area contributed by atoms with Gasteiger partial charge in [0.05, 0.1) is 15.7 Å². The molecule has 1 aliphatic heterocycles. The largest absolute Gasteiger partial charge is 0.482 e. The molecular formula is C18H17Cl3N2O2. The number of ether oxygens (including phenoxy) is 1. The Labute approximate surface area is 161 Å². The minimum absolute atomic E-state index is 0.0482. The van der Waals surface area contributed by atoms with E-state index in [1.165, 1.54) is 0 Å². The monoisotopic (exact) mass is 398 g/mol. The maximum absolute atomic E-state index is 12.3. The number of amides is 1. The van der Waals surface area contributed by atoms with Gasteiger partial charge in [0, 0.05) is 31.2 Å². The summed E-state index contributed by atoms with van der Waals surface area (Å²) in [6, 6.07) is 12.7. The van der Waals surface area contributed by atoms with Crippen molar-refractivity contribution in [2.24, 2.45) is 0 Å². The van der Waals surface area contributed by atoms with Crippen LogP contribution in [0.1, 0.15) is 0 Å². The number of benzene rings is 2. The van der Waals surface area contributed by atoms with Crippen LogP contribution in [0.15, 0.2) is 42.5 Å². The highest BCUT2D eigenvalue weighted by molar-refractivity contribution is 6.35. The van der Waals surface area contributed by atoms with Gasteiger partial charge in [0.25, 0.3) is 5.91 Å². The summed E-state index contributed by atoms with van der Waals surface area (Å²) in [5.41, 5.74) is 1.00. The smallest absolute Gasteiger partial charge is 0.260 e. The van der Waals surface area contributed by atoms with E-state index in [2.05, 4.69) is 4.90 Å². The Morgan fingerprint density at radius 1 is 0.960 bits per heavy atom. The third-order valence-corrected chi connectivity index (χ3v) is 4.92. The summed E-state index contributed by atoms with van der Waals surface area (Å²) in [4.78, 5) is 16.3. The predicted octanol–water partition coefficient (Wildman–Crippen LogP) is 4.37. The van der Waals surface area contributed by atoms with E-state index in [1.54, 1.807) is 23.1 Å². The summed E-state index contributed by atoms with van der Waals surface area (Å²) < 4.78 is 5.52. The van der Waals surface area contributed by atoms with Crippen LogP contribution in [0.2, 0.25) is 15.1 Å². The lowest BCUT2D eigenvalue weighted by molar-refractivity contribution is -0.133. The fraction of sp³-hybridized carbons (Fsp3) is 0.278. The first-order valence-electron chi connectivity index (χ1n) is 7.89. The third-order valence-electron chi connectivity index (χ3n) is 4.07. The molecule has 3 rings (SSSR count). The van der Waals surface area contributed by atoms with E-state index < -0.39 is 0 Å². The maximum Gasteiger partial charge on any atom is 0.260 e. The van der Waals surface area contributed by atoms with Crippen molar-refractivity contribution in [1.82, 2.24) is 4.90 Å². The van der Waals surface area contributed by atoms with E-state index in [4.69, 9.17) is 39.5 Å². The Balaban J connectivity index is 1.52. The average molecular weight is 400 g/mol. The van der Waals surface area contributed by atoms with Crippen LogP contribution in [-0.4, -0.2) is 43.6 Å². The molecule has 0 atom stereocenters. The normalized spacial score (nSPS) is 14.5. The van der Waals surface area contributed by atoms with Gasteiger partial charge in [0.2, 0.25) is 0 Å². The third kappa shape index (κ3) is 4.51. The summed E-state index contributed by atoms with van der Waals surface area (Å²) in [5.74, 6) is 0.388. The minimum atomic E-state index is -0.0650. The minimum Gasteiger partial charge on any atom is -0.482 e. The number of piperazine rings is 1. The van der Waals surface area contributed by atoms with Gasteiger partial charge in [-0.2, -0.15) is 0 Å². The predicted molar refractivity (Wildman–Crippen MR) is 102 cm³/mol. The Hall–Kier alpha value is -1.62. The highest BCUT2D eigenvalue weighted by Crippen LogP contribution is 2.28. The second-order valence-electron chi connectivity index (χ2n) is 5.68. The molecule has 7 heteroatoms. The van der Waals surface area contributed by atoms with Crippen LogP contribution in [-0.2, 0) is 4.79 Å². The van der Waals surface area contributed by atoms with Crippen molar-refractivity contribution in [2.75, 3.05) is 37.7 Å². The molecule has 0 aliphatic carbocycles. The molecule has 0 radical (unpaired) electrons. The summed E-state index contributed by atoms with van der Waals surface area (Å²) >= 11 is 18.1.